The molecule has 20 heavy (non-hydrogen) atoms. The second-order valence-electron chi connectivity index (χ2n) is 4.11. The predicted octanol–water partition coefficient (Wildman–Crippen LogP) is 3.71. The normalized spacial score (nSPS) is 10.7. The lowest BCUT2D eigenvalue weighted by molar-refractivity contribution is 0.240. The van der Waals surface area contributed by atoms with E-state index >= 15 is 0 Å². The summed E-state index contributed by atoms with van der Waals surface area (Å²) in [7, 11) is 0. The zero-order valence-electron chi connectivity index (χ0n) is 10.8. The monoisotopic (exact) mass is 334 g/mol. The first-order valence-electron chi connectivity index (χ1n) is 6.17. The highest BCUT2D eigenvalue weighted by Crippen LogP contribution is 2.18. The quantitative estimate of drug-likeness (QED) is 0.481. The number of ether oxygens (including phenoxy) is 1. The van der Waals surface area contributed by atoms with Crippen LogP contribution in [0.1, 0.15) is 5.56 Å². The van der Waals surface area contributed by atoms with Gasteiger partial charge >= 0.3 is 0 Å². The molecule has 0 amide bonds. The Bertz CT molecular complexity index is 570. The van der Waals surface area contributed by atoms with Crippen LogP contribution in [0.2, 0.25) is 0 Å². The Morgan fingerprint density at radius 2 is 2.00 bits per heavy atom. The maximum Gasteiger partial charge on any atom is 0.119 e. The zero-order chi connectivity index (χ0) is 14.2. The van der Waals surface area contributed by atoms with Crippen molar-refractivity contribution < 1.29 is 9.94 Å². The lowest BCUT2D eigenvalue weighted by Gasteiger charge is -2.06. The average Bonchev–Trinajstić information content (AvgIpc) is 2.46. The van der Waals surface area contributed by atoms with Gasteiger partial charge in [0.1, 0.15) is 12.1 Å². The smallest absolute Gasteiger partial charge is 0.119 e. The summed E-state index contributed by atoms with van der Waals surface area (Å²) in [6.45, 7) is 0.622. The van der Waals surface area contributed by atoms with Gasteiger partial charge in [0, 0.05) is 10.9 Å². The Morgan fingerprint density at radius 3 is 2.70 bits per heavy atom. The largest absolute Gasteiger partial charge is 0.493 e. The lowest BCUT2D eigenvalue weighted by Crippen LogP contribution is -2.01. The number of hydrogen-bond acceptors (Lipinski definition) is 3. The number of nitrogens with zero attached hydrogens (tertiary/aromatic N) is 1. The molecule has 0 bridgehead atoms. The minimum Gasteiger partial charge on any atom is -0.493 e. The Labute approximate surface area is 126 Å². The fourth-order valence-corrected chi connectivity index (χ4v) is 2.16. The van der Waals surface area contributed by atoms with E-state index in [0.717, 1.165) is 22.3 Å². The van der Waals surface area contributed by atoms with Gasteiger partial charge in [0.15, 0.2) is 0 Å². The lowest BCUT2D eigenvalue weighted by atomic mass is 10.2. The molecule has 2 aromatic carbocycles. The van der Waals surface area contributed by atoms with Gasteiger partial charge in [-0.05, 0) is 42.0 Å². The number of nitrogens with one attached hydrogen (secondary N) is 1. The zero-order valence-corrected chi connectivity index (χ0v) is 12.4. The van der Waals surface area contributed by atoms with E-state index in [1.54, 1.807) is 0 Å². The minimum absolute atomic E-state index is 0.622. The van der Waals surface area contributed by atoms with Gasteiger partial charge in [-0.25, -0.2) is 4.99 Å². The van der Waals surface area contributed by atoms with E-state index < -0.39 is 0 Å². The molecule has 0 aliphatic carbocycles. The van der Waals surface area contributed by atoms with Crippen LogP contribution in [0.25, 0.3) is 0 Å². The summed E-state index contributed by atoms with van der Waals surface area (Å²) in [5.74, 6) is 0.802. The maximum absolute atomic E-state index is 8.40. The summed E-state index contributed by atoms with van der Waals surface area (Å²) < 4.78 is 6.76. The topological polar surface area (TPSA) is 53.8 Å². The van der Waals surface area contributed by atoms with Crippen molar-refractivity contribution in [2.24, 2.45) is 4.99 Å². The second-order valence-corrected chi connectivity index (χ2v) is 5.03. The Morgan fingerprint density at radius 1 is 1.20 bits per heavy atom. The summed E-state index contributed by atoms with van der Waals surface area (Å²) in [6.07, 6.45) is 2.07. The summed E-state index contributed by atoms with van der Waals surface area (Å²) >= 11 is 3.45. The molecule has 2 rings (SSSR count). The predicted molar refractivity (Wildman–Crippen MR) is 82.9 cm³/mol. The SMILES string of the molecule is ONC=Nc1ccc(OCCc2cccc(Br)c2)cc1. The minimum atomic E-state index is 0.622. The van der Waals surface area contributed by atoms with Crippen LogP contribution >= 0.6 is 15.9 Å². The molecule has 0 fully saturated rings. The third-order valence-electron chi connectivity index (χ3n) is 2.66. The number of hydroxylamine groups is 1. The molecule has 0 aromatic heterocycles. The van der Waals surface area contributed by atoms with Crippen LogP contribution in [0.15, 0.2) is 58.0 Å². The van der Waals surface area contributed by atoms with Crippen molar-refractivity contribution in [3.63, 3.8) is 0 Å². The van der Waals surface area contributed by atoms with Crippen molar-refractivity contribution in [2.45, 2.75) is 6.42 Å². The van der Waals surface area contributed by atoms with E-state index in [0.29, 0.717) is 6.61 Å². The number of aliphatic imine (C=N–C) groups is 1. The van der Waals surface area contributed by atoms with Crippen LogP contribution in [-0.2, 0) is 6.42 Å². The molecule has 0 saturated heterocycles. The molecule has 0 atom stereocenters. The third kappa shape index (κ3) is 4.68. The molecule has 0 aliphatic rings. The molecular weight excluding hydrogens is 320 g/mol. The van der Waals surface area contributed by atoms with Gasteiger partial charge in [-0.3, -0.25) is 10.7 Å². The van der Waals surface area contributed by atoms with Crippen molar-refractivity contribution in [3.05, 3.63) is 58.6 Å². The Balaban J connectivity index is 1.83. The van der Waals surface area contributed by atoms with Crippen LogP contribution in [0.5, 0.6) is 5.75 Å². The molecule has 0 heterocycles. The van der Waals surface area contributed by atoms with Gasteiger partial charge in [0.25, 0.3) is 0 Å². The number of halogens is 1. The molecule has 5 heteroatoms. The van der Waals surface area contributed by atoms with Crippen molar-refractivity contribution in [3.8, 4) is 5.75 Å². The third-order valence-corrected chi connectivity index (χ3v) is 3.15. The molecule has 0 aliphatic heterocycles. The second kappa shape index (κ2) is 7.67. The first-order chi connectivity index (χ1) is 9.78. The maximum atomic E-state index is 8.40. The highest BCUT2D eigenvalue weighted by Gasteiger charge is 1.97. The molecule has 104 valence electrons. The number of benzene rings is 2. The summed E-state index contributed by atoms with van der Waals surface area (Å²) in [5.41, 5.74) is 3.83. The summed E-state index contributed by atoms with van der Waals surface area (Å²) in [6, 6.07) is 15.5. The first-order valence-corrected chi connectivity index (χ1v) is 6.97. The van der Waals surface area contributed by atoms with Crippen LogP contribution in [0.3, 0.4) is 0 Å². The molecule has 0 radical (unpaired) electrons. The van der Waals surface area contributed by atoms with Gasteiger partial charge in [-0.15, -0.1) is 0 Å². The Kier molecular flexibility index (Phi) is 5.58. The molecule has 2 N–H and O–H groups in total. The fraction of sp³-hybridized carbons (Fsp3) is 0.133. The van der Waals surface area contributed by atoms with Gasteiger partial charge < -0.3 is 4.74 Å². The number of hydrogen-bond donors (Lipinski definition) is 2. The van der Waals surface area contributed by atoms with E-state index in [1.165, 1.54) is 11.9 Å². The van der Waals surface area contributed by atoms with E-state index in [4.69, 9.17) is 9.94 Å². The molecule has 0 unspecified atom stereocenters. The summed E-state index contributed by atoms with van der Waals surface area (Å²) in [5, 5.41) is 8.40. The first kappa shape index (κ1) is 14.6. The van der Waals surface area contributed by atoms with E-state index in [1.807, 2.05) is 41.9 Å². The molecule has 2 aromatic rings. The van der Waals surface area contributed by atoms with Gasteiger partial charge in [-0.1, -0.05) is 28.1 Å². The van der Waals surface area contributed by atoms with E-state index in [-0.39, 0.29) is 0 Å². The van der Waals surface area contributed by atoms with Gasteiger partial charge in [0.2, 0.25) is 0 Å². The van der Waals surface area contributed by atoms with Crippen LogP contribution in [0, 0.1) is 0 Å². The average molecular weight is 335 g/mol. The molecule has 4 nitrogen and oxygen atoms in total. The van der Waals surface area contributed by atoms with E-state index in [2.05, 4.69) is 33.1 Å². The van der Waals surface area contributed by atoms with Crippen molar-refractivity contribution in [1.29, 1.82) is 0 Å². The molecular formula is C15H15BrN2O2. The standard InChI is InChI=1S/C15H15BrN2O2/c16-13-3-1-2-12(10-13)8-9-20-15-6-4-14(5-7-15)17-11-18-19/h1-7,10-11,19H,8-9H2,(H,17,18). The van der Waals surface area contributed by atoms with Crippen molar-refractivity contribution in [2.75, 3.05) is 6.61 Å². The van der Waals surface area contributed by atoms with Gasteiger partial charge in [0.05, 0.1) is 12.3 Å². The van der Waals surface area contributed by atoms with Crippen molar-refractivity contribution >= 4 is 28.0 Å². The van der Waals surface area contributed by atoms with Crippen LogP contribution in [0.4, 0.5) is 5.69 Å². The van der Waals surface area contributed by atoms with Crippen molar-refractivity contribution in [1.82, 2.24) is 5.48 Å². The van der Waals surface area contributed by atoms with Crippen LogP contribution in [-0.4, -0.2) is 18.2 Å². The number of rotatable bonds is 6. The highest BCUT2D eigenvalue weighted by atomic mass is 79.9. The highest BCUT2D eigenvalue weighted by molar-refractivity contribution is 9.10. The van der Waals surface area contributed by atoms with E-state index in [9.17, 15) is 0 Å². The van der Waals surface area contributed by atoms with Gasteiger partial charge in [-0.2, -0.15) is 0 Å². The van der Waals surface area contributed by atoms with Crippen LogP contribution < -0.4 is 10.2 Å². The molecule has 0 spiro atoms. The summed E-state index contributed by atoms with van der Waals surface area (Å²) in [4.78, 5) is 3.96. The Hall–Kier alpha value is -1.85. The fourth-order valence-electron chi connectivity index (χ4n) is 1.71. The molecule has 0 saturated carbocycles.